The SMILES string of the molecule is Cc1nc2n(n1)CC(Nc1ccnc3ccc(Oc4ccccc4)cc13)CC2. The van der Waals surface area contributed by atoms with E-state index in [9.17, 15) is 0 Å². The van der Waals surface area contributed by atoms with E-state index < -0.39 is 0 Å². The van der Waals surface area contributed by atoms with Crippen LogP contribution < -0.4 is 10.1 Å². The number of hydrogen-bond acceptors (Lipinski definition) is 5. The molecular formula is C22H21N5O. The number of anilines is 1. The van der Waals surface area contributed by atoms with Gasteiger partial charge in [-0.15, -0.1) is 0 Å². The number of hydrogen-bond donors (Lipinski definition) is 1. The summed E-state index contributed by atoms with van der Waals surface area (Å²) in [6, 6.07) is 18.1. The molecule has 6 heteroatoms. The fourth-order valence-corrected chi connectivity index (χ4v) is 3.71. The maximum atomic E-state index is 6.00. The van der Waals surface area contributed by atoms with Gasteiger partial charge in [-0.25, -0.2) is 9.67 Å². The molecule has 0 fully saturated rings. The minimum atomic E-state index is 0.304. The third-order valence-electron chi connectivity index (χ3n) is 5.02. The molecule has 0 radical (unpaired) electrons. The van der Waals surface area contributed by atoms with E-state index in [0.717, 1.165) is 59.1 Å². The lowest BCUT2D eigenvalue weighted by molar-refractivity contribution is 0.441. The molecule has 1 atom stereocenters. The normalized spacial score (nSPS) is 16.0. The molecule has 1 aliphatic rings. The van der Waals surface area contributed by atoms with E-state index in [1.54, 1.807) is 0 Å². The van der Waals surface area contributed by atoms with Crippen molar-refractivity contribution in [2.45, 2.75) is 32.4 Å². The van der Waals surface area contributed by atoms with Gasteiger partial charge in [0.05, 0.1) is 12.1 Å². The zero-order valence-corrected chi connectivity index (χ0v) is 15.7. The van der Waals surface area contributed by atoms with Crippen molar-refractivity contribution in [2.75, 3.05) is 5.32 Å². The zero-order valence-electron chi connectivity index (χ0n) is 15.7. The van der Waals surface area contributed by atoms with E-state index >= 15 is 0 Å². The maximum Gasteiger partial charge on any atom is 0.147 e. The number of aromatic nitrogens is 4. The van der Waals surface area contributed by atoms with E-state index in [1.807, 2.05) is 72.4 Å². The second-order valence-corrected chi connectivity index (χ2v) is 7.09. The Bertz CT molecular complexity index is 1120. The number of nitrogens with zero attached hydrogens (tertiary/aromatic N) is 4. The van der Waals surface area contributed by atoms with Crippen LogP contribution in [0.5, 0.6) is 11.5 Å². The van der Waals surface area contributed by atoms with E-state index in [4.69, 9.17) is 4.74 Å². The number of fused-ring (bicyclic) bond motifs is 2. The fourth-order valence-electron chi connectivity index (χ4n) is 3.71. The van der Waals surface area contributed by atoms with E-state index in [2.05, 4.69) is 20.4 Å². The van der Waals surface area contributed by atoms with Crippen molar-refractivity contribution in [2.24, 2.45) is 0 Å². The number of pyridine rings is 1. The molecule has 5 rings (SSSR count). The third kappa shape index (κ3) is 3.29. The van der Waals surface area contributed by atoms with Crippen molar-refractivity contribution in [3.8, 4) is 11.5 Å². The van der Waals surface area contributed by atoms with Gasteiger partial charge in [0.25, 0.3) is 0 Å². The number of aryl methyl sites for hydroxylation is 2. The van der Waals surface area contributed by atoms with Crippen LogP contribution in [0.4, 0.5) is 5.69 Å². The highest BCUT2D eigenvalue weighted by Crippen LogP contribution is 2.30. The van der Waals surface area contributed by atoms with Gasteiger partial charge < -0.3 is 10.1 Å². The van der Waals surface area contributed by atoms with Crippen molar-refractivity contribution in [1.29, 1.82) is 0 Å². The van der Waals surface area contributed by atoms with Crippen LogP contribution in [-0.4, -0.2) is 25.8 Å². The van der Waals surface area contributed by atoms with Crippen LogP contribution in [0.2, 0.25) is 0 Å². The summed E-state index contributed by atoms with van der Waals surface area (Å²) in [6.07, 6.45) is 3.81. The van der Waals surface area contributed by atoms with Crippen LogP contribution in [0.25, 0.3) is 10.9 Å². The number of para-hydroxylation sites is 1. The number of benzene rings is 2. The van der Waals surface area contributed by atoms with Gasteiger partial charge in [-0.3, -0.25) is 4.98 Å². The smallest absolute Gasteiger partial charge is 0.147 e. The minimum Gasteiger partial charge on any atom is -0.457 e. The summed E-state index contributed by atoms with van der Waals surface area (Å²) in [6.45, 7) is 2.76. The first kappa shape index (κ1) is 16.7. The summed E-state index contributed by atoms with van der Waals surface area (Å²) in [5.74, 6) is 3.54. The molecule has 1 aliphatic heterocycles. The molecule has 6 nitrogen and oxygen atoms in total. The Hall–Kier alpha value is -3.41. The Morgan fingerprint density at radius 3 is 2.86 bits per heavy atom. The molecule has 1 unspecified atom stereocenters. The Morgan fingerprint density at radius 2 is 1.96 bits per heavy atom. The molecule has 0 spiro atoms. The standard InChI is InChI=1S/C22H21N5O/c1-15-24-22-10-7-16(14-27(22)26-15)25-21-11-12-23-20-9-8-18(13-19(20)21)28-17-5-3-2-4-6-17/h2-6,8-9,11-13,16H,7,10,14H2,1H3,(H,23,25). The molecule has 3 heterocycles. The molecule has 0 amide bonds. The lowest BCUT2D eigenvalue weighted by Gasteiger charge is -2.25. The molecule has 0 saturated heterocycles. The topological polar surface area (TPSA) is 64.9 Å². The molecule has 2 aromatic heterocycles. The van der Waals surface area contributed by atoms with Crippen LogP contribution in [0.1, 0.15) is 18.1 Å². The average molecular weight is 371 g/mol. The predicted octanol–water partition coefficient (Wildman–Crippen LogP) is 4.35. The highest BCUT2D eigenvalue weighted by Gasteiger charge is 2.21. The van der Waals surface area contributed by atoms with Gasteiger partial charge in [-0.1, -0.05) is 18.2 Å². The second-order valence-electron chi connectivity index (χ2n) is 7.09. The molecular weight excluding hydrogens is 350 g/mol. The van der Waals surface area contributed by atoms with Crippen LogP contribution in [0.15, 0.2) is 60.8 Å². The fraction of sp³-hybridized carbons (Fsp3) is 0.227. The van der Waals surface area contributed by atoms with Crippen LogP contribution in [0, 0.1) is 6.92 Å². The molecule has 28 heavy (non-hydrogen) atoms. The quantitative estimate of drug-likeness (QED) is 0.578. The van der Waals surface area contributed by atoms with Gasteiger partial charge in [0, 0.05) is 29.7 Å². The van der Waals surface area contributed by atoms with Gasteiger partial charge in [0.2, 0.25) is 0 Å². The highest BCUT2D eigenvalue weighted by molar-refractivity contribution is 5.92. The summed E-state index contributed by atoms with van der Waals surface area (Å²) in [5.41, 5.74) is 2.01. The van der Waals surface area contributed by atoms with Crippen LogP contribution in [0.3, 0.4) is 0 Å². The molecule has 0 aliphatic carbocycles. The minimum absolute atomic E-state index is 0.304. The summed E-state index contributed by atoms with van der Waals surface area (Å²) in [5, 5.41) is 9.23. The average Bonchev–Trinajstić information content (AvgIpc) is 3.08. The summed E-state index contributed by atoms with van der Waals surface area (Å²) in [7, 11) is 0. The van der Waals surface area contributed by atoms with Gasteiger partial charge in [-0.2, -0.15) is 5.10 Å². The van der Waals surface area contributed by atoms with Gasteiger partial charge in [0.1, 0.15) is 23.1 Å². The molecule has 140 valence electrons. The Balaban J connectivity index is 1.42. The summed E-state index contributed by atoms with van der Waals surface area (Å²) < 4.78 is 8.02. The molecule has 2 aromatic carbocycles. The van der Waals surface area contributed by atoms with Crippen molar-refractivity contribution < 1.29 is 4.74 Å². The van der Waals surface area contributed by atoms with Crippen molar-refractivity contribution in [1.82, 2.24) is 19.7 Å². The van der Waals surface area contributed by atoms with Crippen molar-refractivity contribution in [3.63, 3.8) is 0 Å². The van der Waals surface area contributed by atoms with Crippen molar-refractivity contribution in [3.05, 3.63) is 72.4 Å². The summed E-state index contributed by atoms with van der Waals surface area (Å²) in [4.78, 5) is 8.99. The van der Waals surface area contributed by atoms with Crippen molar-refractivity contribution >= 4 is 16.6 Å². The molecule has 0 bridgehead atoms. The second kappa shape index (κ2) is 6.96. The van der Waals surface area contributed by atoms with Gasteiger partial charge in [-0.05, 0) is 49.7 Å². The Kier molecular flexibility index (Phi) is 4.16. The highest BCUT2D eigenvalue weighted by atomic mass is 16.5. The lowest BCUT2D eigenvalue weighted by atomic mass is 10.1. The third-order valence-corrected chi connectivity index (χ3v) is 5.02. The number of ether oxygens (including phenoxy) is 1. The number of nitrogens with one attached hydrogen (secondary N) is 1. The first-order chi connectivity index (χ1) is 13.7. The van der Waals surface area contributed by atoms with E-state index in [0.29, 0.717) is 6.04 Å². The molecule has 0 saturated carbocycles. The predicted molar refractivity (Wildman–Crippen MR) is 109 cm³/mol. The van der Waals surface area contributed by atoms with Gasteiger partial charge in [0.15, 0.2) is 0 Å². The first-order valence-corrected chi connectivity index (χ1v) is 9.53. The molecule has 1 N–H and O–H groups in total. The lowest BCUT2D eigenvalue weighted by Crippen LogP contribution is -2.32. The number of rotatable bonds is 4. The largest absolute Gasteiger partial charge is 0.457 e. The monoisotopic (exact) mass is 371 g/mol. The van der Waals surface area contributed by atoms with Gasteiger partial charge >= 0.3 is 0 Å². The van der Waals surface area contributed by atoms with E-state index in [1.165, 1.54) is 0 Å². The Labute approximate surface area is 163 Å². The summed E-state index contributed by atoms with van der Waals surface area (Å²) >= 11 is 0. The molecule has 4 aromatic rings. The zero-order chi connectivity index (χ0) is 18.9. The van der Waals surface area contributed by atoms with Crippen LogP contribution >= 0.6 is 0 Å². The van der Waals surface area contributed by atoms with E-state index in [-0.39, 0.29) is 0 Å². The van der Waals surface area contributed by atoms with Crippen LogP contribution in [-0.2, 0) is 13.0 Å². The first-order valence-electron chi connectivity index (χ1n) is 9.53. The maximum absolute atomic E-state index is 6.00. The Morgan fingerprint density at radius 1 is 1.07 bits per heavy atom.